The van der Waals surface area contributed by atoms with Crippen LogP contribution in [-0.4, -0.2) is 19.8 Å². The molecule has 0 aliphatic carbocycles. The van der Waals surface area contributed by atoms with Gasteiger partial charge in [-0.3, -0.25) is 0 Å². The number of hydrogen-bond donors (Lipinski definition) is 1. The molecule has 1 aromatic rings. The van der Waals surface area contributed by atoms with Gasteiger partial charge in [-0.05, 0) is 12.0 Å². The number of ether oxygens (including phenoxy) is 1. The zero-order valence-electron chi connectivity index (χ0n) is 7.36. The van der Waals surface area contributed by atoms with Gasteiger partial charge in [-0.1, -0.05) is 30.3 Å². The Hall–Kier alpha value is -0.860. The fraction of sp³-hybridized carbons (Fsp3) is 0.400. The zero-order valence-corrected chi connectivity index (χ0v) is 7.36. The van der Waals surface area contributed by atoms with Crippen LogP contribution in [0.4, 0.5) is 0 Å². The van der Waals surface area contributed by atoms with E-state index < -0.39 is 0 Å². The molecule has 0 fully saturated rings. The van der Waals surface area contributed by atoms with Crippen molar-refractivity contribution >= 4 is 0 Å². The molecule has 1 atom stereocenters. The molecule has 66 valence electrons. The van der Waals surface area contributed by atoms with Gasteiger partial charge in [0, 0.05) is 13.2 Å². The van der Waals surface area contributed by atoms with Crippen molar-refractivity contribution in [3.8, 4) is 0 Å². The van der Waals surface area contributed by atoms with Crippen molar-refractivity contribution < 1.29 is 4.74 Å². The van der Waals surface area contributed by atoms with E-state index in [0.717, 1.165) is 6.42 Å². The summed E-state index contributed by atoms with van der Waals surface area (Å²) >= 11 is 0. The van der Waals surface area contributed by atoms with E-state index in [1.165, 1.54) is 5.56 Å². The largest absolute Gasteiger partial charge is 0.383 e. The molecule has 2 heteroatoms. The summed E-state index contributed by atoms with van der Waals surface area (Å²) in [6.07, 6.45) is 0.884. The van der Waals surface area contributed by atoms with Gasteiger partial charge in [-0.25, -0.2) is 0 Å². The summed E-state index contributed by atoms with van der Waals surface area (Å²) in [6.45, 7) is 0.620. The maximum atomic E-state index is 5.79. The van der Waals surface area contributed by atoms with Crippen molar-refractivity contribution in [2.45, 2.75) is 12.5 Å². The van der Waals surface area contributed by atoms with Crippen LogP contribution < -0.4 is 5.73 Å². The van der Waals surface area contributed by atoms with E-state index >= 15 is 0 Å². The molecule has 0 saturated heterocycles. The standard InChI is InChI=1S/C10H15NO/c1-12-8-10(11)7-9-5-3-2-4-6-9/h2-6,10H,7-8,11H2,1H3. The molecule has 0 amide bonds. The second-order valence-corrected chi connectivity index (χ2v) is 2.91. The second-order valence-electron chi connectivity index (χ2n) is 2.91. The van der Waals surface area contributed by atoms with E-state index in [9.17, 15) is 0 Å². The lowest BCUT2D eigenvalue weighted by Gasteiger charge is -2.09. The Labute approximate surface area is 73.3 Å². The Morgan fingerprint density at radius 2 is 2.00 bits per heavy atom. The highest BCUT2D eigenvalue weighted by molar-refractivity contribution is 5.15. The minimum atomic E-state index is 0.109. The average Bonchev–Trinajstić information content (AvgIpc) is 2.06. The predicted molar refractivity (Wildman–Crippen MR) is 50.0 cm³/mol. The summed E-state index contributed by atoms with van der Waals surface area (Å²) in [5.41, 5.74) is 7.06. The molecule has 0 radical (unpaired) electrons. The summed E-state index contributed by atoms with van der Waals surface area (Å²) in [6, 6.07) is 10.3. The smallest absolute Gasteiger partial charge is 0.0616 e. The van der Waals surface area contributed by atoms with E-state index in [1.807, 2.05) is 18.2 Å². The first kappa shape index (κ1) is 9.23. The first-order valence-corrected chi connectivity index (χ1v) is 4.11. The van der Waals surface area contributed by atoms with Crippen molar-refractivity contribution in [3.63, 3.8) is 0 Å². The van der Waals surface area contributed by atoms with Gasteiger partial charge in [0.1, 0.15) is 0 Å². The summed E-state index contributed by atoms with van der Waals surface area (Å²) < 4.78 is 4.95. The zero-order chi connectivity index (χ0) is 8.81. The number of nitrogens with two attached hydrogens (primary N) is 1. The van der Waals surface area contributed by atoms with Gasteiger partial charge in [0.25, 0.3) is 0 Å². The Kier molecular flexibility index (Phi) is 3.77. The van der Waals surface area contributed by atoms with E-state index in [-0.39, 0.29) is 6.04 Å². The number of hydrogen-bond acceptors (Lipinski definition) is 2. The third-order valence-corrected chi connectivity index (χ3v) is 1.72. The highest BCUT2D eigenvalue weighted by atomic mass is 16.5. The minimum absolute atomic E-state index is 0.109. The molecule has 1 rings (SSSR count). The highest BCUT2D eigenvalue weighted by Gasteiger charge is 2.01. The topological polar surface area (TPSA) is 35.2 Å². The number of rotatable bonds is 4. The van der Waals surface area contributed by atoms with Crippen molar-refractivity contribution in [1.29, 1.82) is 0 Å². The monoisotopic (exact) mass is 165 g/mol. The Balaban J connectivity index is 2.41. The first-order valence-electron chi connectivity index (χ1n) is 4.11. The van der Waals surface area contributed by atoms with Gasteiger partial charge in [-0.2, -0.15) is 0 Å². The van der Waals surface area contributed by atoms with Gasteiger partial charge >= 0.3 is 0 Å². The molecule has 0 spiro atoms. The Morgan fingerprint density at radius 3 is 2.58 bits per heavy atom. The number of methoxy groups -OCH3 is 1. The molecule has 0 aliphatic rings. The Morgan fingerprint density at radius 1 is 1.33 bits per heavy atom. The fourth-order valence-electron chi connectivity index (χ4n) is 1.19. The van der Waals surface area contributed by atoms with Crippen molar-refractivity contribution in [1.82, 2.24) is 0 Å². The summed E-state index contributed by atoms with van der Waals surface area (Å²) in [5, 5.41) is 0. The van der Waals surface area contributed by atoms with Crippen LogP contribution in [0.1, 0.15) is 5.56 Å². The van der Waals surface area contributed by atoms with E-state index in [2.05, 4.69) is 12.1 Å². The molecule has 0 aliphatic heterocycles. The molecule has 12 heavy (non-hydrogen) atoms. The molecule has 0 bridgehead atoms. The predicted octanol–water partition coefficient (Wildman–Crippen LogP) is 1.20. The molecule has 2 N–H and O–H groups in total. The Bertz CT molecular complexity index is 210. The minimum Gasteiger partial charge on any atom is -0.383 e. The lowest BCUT2D eigenvalue weighted by molar-refractivity contribution is 0.180. The molecule has 0 heterocycles. The second kappa shape index (κ2) is 4.91. The third kappa shape index (κ3) is 3.03. The van der Waals surface area contributed by atoms with E-state index in [0.29, 0.717) is 6.61 Å². The highest BCUT2D eigenvalue weighted by Crippen LogP contribution is 2.01. The van der Waals surface area contributed by atoms with Gasteiger partial charge in [-0.15, -0.1) is 0 Å². The van der Waals surface area contributed by atoms with Gasteiger partial charge < -0.3 is 10.5 Å². The average molecular weight is 165 g/mol. The summed E-state index contributed by atoms with van der Waals surface area (Å²) in [4.78, 5) is 0. The number of benzene rings is 1. The maximum Gasteiger partial charge on any atom is 0.0616 e. The molecule has 0 saturated carbocycles. The SMILES string of the molecule is COCC(N)Cc1ccccc1. The molecule has 1 aromatic carbocycles. The van der Waals surface area contributed by atoms with Crippen molar-refractivity contribution in [3.05, 3.63) is 35.9 Å². The third-order valence-electron chi connectivity index (χ3n) is 1.72. The summed E-state index contributed by atoms with van der Waals surface area (Å²) in [5.74, 6) is 0. The lowest BCUT2D eigenvalue weighted by atomic mass is 10.1. The van der Waals surface area contributed by atoms with Crippen LogP contribution in [0.3, 0.4) is 0 Å². The summed E-state index contributed by atoms with van der Waals surface area (Å²) in [7, 11) is 1.67. The van der Waals surface area contributed by atoms with Crippen molar-refractivity contribution in [2.75, 3.05) is 13.7 Å². The van der Waals surface area contributed by atoms with Crippen LogP contribution in [0.2, 0.25) is 0 Å². The van der Waals surface area contributed by atoms with Gasteiger partial charge in [0.05, 0.1) is 6.61 Å². The maximum absolute atomic E-state index is 5.79. The lowest BCUT2D eigenvalue weighted by Crippen LogP contribution is -2.27. The van der Waals surface area contributed by atoms with Crippen LogP contribution in [-0.2, 0) is 11.2 Å². The molecule has 2 nitrogen and oxygen atoms in total. The molecule has 0 aromatic heterocycles. The molecular formula is C10H15NO. The fourth-order valence-corrected chi connectivity index (χ4v) is 1.19. The van der Waals surface area contributed by atoms with Crippen molar-refractivity contribution in [2.24, 2.45) is 5.73 Å². The first-order chi connectivity index (χ1) is 5.83. The normalized spacial score (nSPS) is 12.8. The van der Waals surface area contributed by atoms with Crippen LogP contribution in [0.5, 0.6) is 0 Å². The van der Waals surface area contributed by atoms with E-state index in [4.69, 9.17) is 10.5 Å². The quantitative estimate of drug-likeness (QED) is 0.727. The van der Waals surface area contributed by atoms with E-state index in [1.54, 1.807) is 7.11 Å². The van der Waals surface area contributed by atoms with Crippen LogP contribution in [0.15, 0.2) is 30.3 Å². The molecule has 1 unspecified atom stereocenters. The van der Waals surface area contributed by atoms with Crippen LogP contribution in [0.25, 0.3) is 0 Å². The van der Waals surface area contributed by atoms with Crippen LogP contribution in [0, 0.1) is 0 Å². The van der Waals surface area contributed by atoms with Crippen LogP contribution >= 0.6 is 0 Å². The molecular weight excluding hydrogens is 150 g/mol. The van der Waals surface area contributed by atoms with Gasteiger partial charge in [0.15, 0.2) is 0 Å². The van der Waals surface area contributed by atoms with Gasteiger partial charge in [0.2, 0.25) is 0 Å².